The molecular formula is C19H22N2O4. The second kappa shape index (κ2) is 8.94. The summed E-state index contributed by atoms with van der Waals surface area (Å²) < 4.78 is 4.66. The van der Waals surface area contributed by atoms with Crippen LogP contribution in [-0.4, -0.2) is 46.6 Å². The van der Waals surface area contributed by atoms with Crippen LogP contribution in [0.5, 0.6) is 0 Å². The quantitative estimate of drug-likeness (QED) is 0.781. The second-order valence-electron chi connectivity index (χ2n) is 5.57. The van der Waals surface area contributed by atoms with Gasteiger partial charge in [0.25, 0.3) is 5.91 Å². The van der Waals surface area contributed by atoms with Gasteiger partial charge >= 0.3 is 5.97 Å². The fourth-order valence-electron chi connectivity index (χ4n) is 2.51. The summed E-state index contributed by atoms with van der Waals surface area (Å²) in [5, 5.41) is 9.64. The maximum Gasteiger partial charge on any atom is 0.337 e. The normalized spacial score (nSPS) is 11.6. The Morgan fingerprint density at radius 3 is 2.36 bits per heavy atom. The van der Waals surface area contributed by atoms with Crippen LogP contribution in [0.2, 0.25) is 0 Å². The number of methoxy groups -OCH3 is 1. The molecule has 132 valence electrons. The summed E-state index contributed by atoms with van der Waals surface area (Å²) in [6.45, 7) is 2.09. The van der Waals surface area contributed by atoms with Crippen molar-refractivity contribution in [3.8, 4) is 0 Å². The van der Waals surface area contributed by atoms with Crippen molar-refractivity contribution in [2.24, 2.45) is 0 Å². The van der Waals surface area contributed by atoms with Gasteiger partial charge in [-0.05, 0) is 42.8 Å². The molecule has 1 atom stereocenters. The molecule has 1 heterocycles. The second-order valence-corrected chi connectivity index (χ2v) is 5.57. The molecule has 6 nitrogen and oxygen atoms in total. The van der Waals surface area contributed by atoms with Gasteiger partial charge in [0.05, 0.1) is 37.6 Å². The Balaban J connectivity index is 2.26. The first-order chi connectivity index (χ1) is 12.1. The average molecular weight is 342 g/mol. The molecule has 0 saturated heterocycles. The standard InChI is InChI=1S/C19H22N2O4/c1-3-17(13-22)21(12-16-6-4-5-11-20-16)18(23)14-7-9-15(10-8-14)19(24)25-2/h4-11,17,22H,3,12-13H2,1-2H3. The molecule has 1 amide bonds. The first kappa shape index (κ1) is 18.6. The zero-order valence-electron chi connectivity index (χ0n) is 14.4. The number of nitrogens with zero attached hydrogens (tertiary/aromatic N) is 2. The van der Waals surface area contributed by atoms with Crippen LogP contribution in [0.1, 0.15) is 39.8 Å². The molecule has 1 unspecified atom stereocenters. The van der Waals surface area contributed by atoms with Gasteiger partial charge in [-0.3, -0.25) is 9.78 Å². The minimum Gasteiger partial charge on any atom is -0.465 e. The lowest BCUT2D eigenvalue weighted by Gasteiger charge is -2.30. The number of benzene rings is 1. The number of aliphatic hydroxyl groups is 1. The van der Waals surface area contributed by atoms with E-state index in [0.717, 1.165) is 5.69 Å². The monoisotopic (exact) mass is 342 g/mol. The highest BCUT2D eigenvalue weighted by Crippen LogP contribution is 2.15. The Kier molecular flexibility index (Phi) is 6.65. The molecule has 25 heavy (non-hydrogen) atoms. The minimum absolute atomic E-state index is 0.130. The molecular weight excluding hydrogens is 320 g/mol. The summed E-state index contributed by atoms with van der Waals surface area (Å²) in [7, 11) is 1.31. The van der Waals surface area contributed by atoms with E-state index in [1.807, 2.05) is 25.1 Å². The highest BCUT2D eigenvalue weighted by Gasteiger charge is 2.24. The average Bonchev–Trinajstić information content (AvgIpc) is 2.68. The molecule has 0 radical (unpaired) electrons. The van der Waals surface area contributed by atoms with Gasteiger partial charge in [-0.15, -0.1) is 0 Å². The van der Waals surface area contributed by atoms with E-state index in [1.54, 1.807) is 35.4 Å². The van der Waals surface area contributed by atoms with Crippen molar-refractivity contribution in [2.45, 2.75) is 25.9 Å². The first-order valence-electron chi connectivity index (χ1n) is 8.10. The van der Waals surface area contributed by atoms with Crippen molar-refractivity contribution in [3.05, 3.63) is 65.5 Å². The van der Waals surface area contributed by atoms with E-state index in [-0.39, 0.29) is 18.6 Å². The predicted octanol–water partition coefficient (Wildman–Crippen LogP) is 2.28. The molecule has 0 aliphatic carbocycles. The van der Waals surface area contributed by atoms with E-state index in [4.69, 9.17) is 0 Å². The van der Waals surface area contributed by atoms with Crippen LogP contribution in [0.3, 0.4) is 0 Å². The predicted molar refractivity (Wildman–Crippen MR) is 93.1 cm³/mol. The number of esters is 1. The fraction of sp³-hybridized carbons (Fsp3) is 0.316. The third kappa shape index (κ3) is 4.64. The van der Waals surface area contributed by atoms with Crippen molar-refractivity contribution in [1.29, 1.82) is 0 Å². The lowest BCUT2D eigenvalue weighted by atomic mass is 10.1. The maximum absolute atomic E-state index is 12.9. The molecule has 1 N–H and O–H groups in total. The number of hydrogen-bond donors (Lipinski definition) is 1. The third-order valence-corrected chi connectivity index (χ3v) is 4.00. The molecule has 0 aliphatic heterocycles. The van der Waals surface area contributed by atoms with Gasteiger partial charge in [0, 0.05) is 11.8 Å². The van der Waals surface area contributed by atoms with Crippen LogP contribution in [0, 0.1) is 0 Å². The SMILES string of the molecule is CCC(CO)N(Cc1ccccn1)C(=O)c1ccc(C(=O)OC)cc1. The largest absolute Gasteiger partial charge is 0.465 e. The Bertz CT molecular complexity index is 697. The number of amides is 1. The number of rotatable bonds is 7. The van der Waals surface area contributed by atoms with E-state index in [1.165, 1.54) is 7.11 Å². The van der Waals surface area contributed by atoms with Crippen molar-refractivity contribution in [2.75, 3.05) is 13.7 Å². The minimum atomic E-state index is -0.453. The zero-order chi connectivity index (χ0) is 18.2. The molecule has 0 bridgehead atoms. The van der Waals surface area contributed by atoms with Gasteiger partial charge in [-0.1, -0.05) is 13.0 Å². The highest BCUT2D eigenvalue weighted by molar-refractivity contribution is 5.96. The van der Waals surface area contributed by atoms with Crippen molar-refractivity contribution < 1.29 is 19.4 Å². The summed E-state index contributed by atoms with van der Waals surface area (Å²) in [4.78, 5) is 30.3. The Hall–Kier alpha value is -2.73. The summed E-state index contributed by atoms with van der Waals surface area (Å²) in [5.74, 6) is -0.672. The lowest BCUT2D eigenvalue weighted by molar-refractivity contribution is 0.0557. The van der Waals surface area contributed by atoms with E-state index < -0.39 is 5.97 Å². The Morgan fingerprint density at radius 2 is 1.84 bits per heavy atom. The van der Waals surface area contributed by atoms with E-state index >= 15 is 0 Å². The van der Waals surface area contributed by atoms with Gasteiger partial charge in [0.15, 0.2) is 0 Å². The van der Waals surface area contributed by atoms with E-state index in [9.17, 15) is 14.7 Å². The summed E-state index contributed by atoms with van der Waals surface area (Å²) >= 11 is 0. The third-order valence-electron chi connectivity index (χ3n) is 4.00. The molecule has 0 spiro atoms. The first-order valence-corrected chi connectivity index (χ1v) is 8.10. The molecule has 0 aliphatic rings. The van der Waals surface area contributed by atoms with E-state index in [0.29, 0.717) is 24.1 Å². The number of aromatic nitrogens is 1. The molecule has 1 aromatic heterocycles. The summed E-state index contributed by atoms with van der Waals surface area (Å²) in [6, 6.07) is 11.5. The van der Waals surface area contributed by atoms with Crippen LogP contribution in [0.15, 0.2) is 48.7 Å². The fourth-order valence-corrected chi connectivity index (χ4v) is 2.51. The van der Waals surface area contributed by atoms with Gasteiger partial charge in [-0.25, -0.2) is 4.79 Å². The van der Waals surface area contributed by atoms with Crippen LogP contribution >= 0.6 is 0 Å². The Labute approximate surface area is 147 Å². The molecule has 2 aromatic rings. The number of ether oxygens (including phenoxy) is 1. The van der Waals surface area contributed by atoms with E-state index in [2.05, 4.69) is 9.72 Å². The van der Waals surface area contributed by atoms with Gasteiger partial charge in [0.2, 0.25) is 0 Å². The molecule has 1 aromatic carbocycles. The molecule has 2 rings (SSSR count). The number of carbonyl (C=O) groups excluding carboxylic acids is 2. The number of aliphatic hydroxyl groups excluding tert-OH is 1. The summed E-state index contributed by atoms with van der Waals surface area (Å²) in [5.41, 5.74) is 1.56. The maximum atomic E-state index is 12.9. The lowest BCUT2D eigenvalue weighted by Crippen LogP contribution is -2.41. The van der Waals surface area contributed by atoms with Crippen LogP contribution < -0.4 is 0 Å². The topological polar surface area (TPSA) is 79.7 Å². The van der Waals surface area contributed by atoms with Crippen LogP contribution in [0.25, 0.3) is 0 Å². The molecule has 6 heteroatoms. The smallest absolute Gasteiger partial charge is 0.337 e. The molecule has 0 fully saturated rings. The number of pyridine rings is 1. The van der Waals surface area contributed by atoms with Crippen molar-refractivity contribution in [3.63, 3.8) is 0 Å². The zero-order valence-corrected chi connectivity index (χ0v) is 14.4. The van der Waals surface area contributed by atoms with Crippen molar-refractivity contribution >= 4 is 11.9 Å². The number of hydrogen-bond acceptors (Lipinski definition) is 5. The van der Waals surface area contributed by atoms with Crippen LogP contribution in [0.4, 0.5) is 0 Å². The number of carbonyl (C=O) groups is 2. The van der Waals surface area contributed by atoms with Crippen LogP contribution in [-0.2, 0) is 11.3 Å². The van der Waals surface area contributed by atoms with Crippen molar-refractivity contribution in [1.82, 2.24) is 9.88 Å². The van der Waals surface area contributed by atoms with Gasteiger partial charge < -0.3 is 14.7 Å². The van der Waals surface area contributed by atoms with Gasteiger partial charge in [-0.2, -0.15) is 0 Å². The molecule has 0 saturated carbocycles. The Morgan fingerprint density at radius 1 is 1.16 bits per heavy atom. The van der Waals surface area contributed by atoms with Gasteiger partial charge in [0.1, 0.15) is 0 Å². The highest BCUT2D eigenvalue weighted by atomic mass is 16.5. The summed E-state index contributed by atoms with van der Waals surface area (Å²) in [6.07, 6.45) is 2.29.